The monoisotopic (exact) mass is 278 g/mol. The van der Waals surface area contributed by atoms with E-state index in [1.165, 1.54) is 43.2 Å². The van der Waals surface area contributed by atoms with Crippen molar-refractivity contribution in [1.29, 1.82) is 0 Å². The van der Waals surface area contributed by atoms with Crippen molar-refractivity contribution in [3.05, 3.63) is 36.5 Å². The first-order valence-electron chi connectivity index (χ1n) is 8.50. The number of pyridine rings is 1. The number of para-hydroxylation sites is 1. The standard InChI is InChI=1S/C19H22N2/c1-2-7-18-12(4-1)8-14(11-20-18)21-19-10-13-9-17(19)16-6-3-5-15(13)16/h1-2,4,7-8,11,13,15-17,19,21H,3,5-6,9-10H2. The number of anilines is 1. The third-order valence-electron chi connectivity index (χ3n) is 6.37. The molecule has 0 amide bonds. The van der Waals surface area contributed by atoms with Crippen molar-refractivity contribution in [2.24, 2.45) is 23.7 Å². The molecule has 2 aromatic rings. The van der Waals surface area contributed by atoms with E-state index in [4.69, 9.17) is 0 Å². The van der Waals surface area contributed by atoms with Gasteiger partial charge in [-0.15, -0.1) is 0 Å². The molecular formula is C19H22N2. The SMILES string of the molecule is c1ccc2ncc(NC3CC4CC3C3CCCC43)cc2c1. The smallest absolute Gasteiger partial charge is 0.0703 e. The van der Waals surface area contributed by atoms with Crippen molar-refractivity contribution in [3.8, 4) is 0 Å². The first kappa shape index (κ1) is 12.0. The molecule has 0 saturated heterocycles. The second-order valence-electron chi connectivity index (χ2n) is 7.32. The minimum absolute atomic E-state index is 0.692. The van der Waals surface area contributed by atoms with Crippen molar-refractivity contribution >= 4 is 16.6 Å². The summed E-state index contributed by atoms with van der Waals surface area (Å²) in [5, 5.41) is 5.05. The molecule has 108 valence electrons. The zero-order valence-electron chi connectivity index (χ0n) is 12.3. The Morgan fingerprint density at radius 2 is 1.90 bits per heavy atom. The first-order chi connectivity index (χ1) is 10.4. The van der Waals surface area contributed by atoms with E-state index in [-0.39, 0.29) is 0 Å². The van der Waals surface area contributed by atoms with Gasteiger partial charge in [-0.1, -0.05) is 24.6 Å². The highest BCUT2D eigenvalue weighted by atomic mass is 15.0. The normalized spacial score (nSPS) is 37.0. The van der Waals surface area contributed by atoms with Crippen LogP contribution in [-0.2, 0) is 0 Å². The lowest BCUT2D eigenvalue weighted by molar-refractivity contribution is 0.243. The van der Waals surface area contributed by atoms with Crippen molar-refractivity contribution in [2.75, 3.05) is 5.32 Å². The van der Waals surface area contributed by atoms with Gasteiger partial charge in [0.25, 0.3) is 0 Å². The van der Waals surface area contributed by atoms with Gasteiger partial charge >= 0.3 is 0 Å². The number of fused-ring (bicyclic) bond motifs is 6. The molecule has 0 radical (unpaired) electrons. The highest BCUT2D eigenvalue weighted by Crippen LogP contribution is 2.59. The molecule has 3 fully saturated rings. The Morgan fingerprint density at radius 3 is 2.90 bits per heavy atom. The van der Waals surface area contributed by atoms with Gasteiger partial charge in [-0.05, 0) is 61.5 Å². The van der Waals surface area contributed by atoms with Gasteiger partial charge in [-0.25, -0.2) is 0 Å². The molecule has 0 spiro atoms. The molecule has 3 saturated carbocycles. The molecule has 1 N–H and O–H groups in total. The van der Waals surface area contributed by atoms with E-state index >= 15 is 0 Å². The fourth-order valence-corrected chi connectivity index (χ4v) is 5.60. The summed E-state index contributed by atoms with van der Waals surface area (Å²) in [5.41, 5.74) is 2.30. The van der Waals surface area contributed by atoms with E-state index in [0.29, 0.717) is 6.04 Å². The van der Waals surface area contributed by atoms with Gasteiger partial charge < -0.3 is 5.32 Å². The number of hydrogen-bond donors (Lipinski definition) is 1. The van der Waals surface area contributed by atoms with Crippen LogP contribution in [-0.4, -0.2) is 11.0 Å². The minimum Gasteiger partial charge on any atom is -0.381 e. The maximum absolute atomic E-state index is 4.59. The average Bonchev–Trinajstić information content (AvgIpc) is 3.19. The van der Waals surface area contributed by atoms with E-state index in [1.807, 2.05) is 6.20 Å². The largest absolute Gasteiger partial charge is 0.381 e. The molecule has 2 bridgehead atoms. The number of nitrogens with zero attached hydrogens (tertiary/aromatic N) is 1. The van der Waals surface area contributed by atoms with Gasteiger partial charge in [0.1, 0.15) is 0 Å². The van der Waals surface area contributed by atoms with E-state index in [9.17, 15) is 0 Å². The molecule has 5 atom stereocenters. The molecule has 1 heterocycles. The van der Waals surface area contributed by atoms with Crippen LogP contribution in [0.2, 0.25) is 0 Å². The molecule has 3 aliphatic rings. The number of rotatable bonds is 2. The fraction of sp³-hybridized carbons (Fsp3) is 0.526. The summed E-state index contributed by atoms with van der Waals surface area (Å²) >= 11 is 0. The summed E-state index contributed by atoms with van der Waals surface area (Å²) in [7, 11) is 0. The maximum Gasteiger partial charge on any atom is 0.0703 e. The van der Waals surface area contributed by atoms with E-state index in [2.05, 4.69) is 40.6 Å². The Labute approximate surface area is 126 Å². The summed E-state index contributed by atoms with van der Waals surface area (Å²) in [6.07, 6.45) is 9.36. The Morgan fingerprint density at radius 1 is 1.00 bits per heavy atom. The zero-order chi connectivity index (χ0) is 13.8. The van der Waals surface area contributed by atoms with E-state index < -0.39 is 0 Å². The lowest BCUT2D eigenvalue weighted by Gasteiger charge is -2.32. The molecule has 1 aromatic heterocycles. The van der Waals surface area contributed by atoms with Gasteiger partial charge in [-0.2, -0.15) is 0 Å². The molecule has 3 aliphatic carbocycles. The van der Waals surface area contributed by atoms with Crippen molar-refractivity contribution in [2.45, 2.75) is 38.1 Å². The van der Waals surface area contributed by atoms with Crippen molar-refractivity contribution in [1.82, 2.24) is 4.98 Å². The Hall–Kier alpha value is -1.57. The van der Waals surface area contributed by atoms with Crippen LogP contribution in [0.1, 0.15) is 32.1 Å². The first-order valence-corrected chi connectivity index (χ1v) is 8.50. The summed E-state index contributed by atoms with van der Waals surface area (Å²) in [5.74, 6) is 4.03. The van der Waals surface area contributed by atoms with Gasteiger partial charge in [0.2, 0.25) is 0 Å². The Kier molecular flexibility index (Phi) is 2.55. The van der Waals surface area contributed by atoms with E-state index in [0.717, 1.165) is 29.2 Å². The van der Waals surface area contributed by atoms with Gasteiger partial charge in [-0.3, -0.25) is 4.98 Å². The zero-order valence-corrected chi connectivity index (χ0v) is 12.3. The van der Waals surface area contributed by atoms with Crippen LogP contribution in [0, 0.1) is 23.7 Å². The van der Waals surface area contributed by atoms with E-state index in [1.54, 1.807) is 0 Å². The van der Waals surface area contributed by atoms with Crippen LogP contribution < -0.4 is 5.32 Å². The molecule has 21 heavy (non-hydrogen) atoms. The summed E-state index contributed by atoms with van der Waals surface area (Å²) in [6, 6.07) is 11.3. The predicted octanol–water partition coefficient (Wildman–Crippen LogP) is 4.47. The van der Waals surface area contributed by atoms with Crippen LogP contribution in [0.25, 0.3) is 10.9 Å². The molecule has 5 rings (SSSR count). The summed E-state index contributed by atoms with van der Waals surface area (Å²) in [4.78, 5) is 4.59. The number of nitrogens with one attached hydrogen (secondary N) is 1. The average molecular weight is 278 g/mol. The van der Waals surface area contributed by atoms with Crippen LogP contribution >= 0.6 is 0 Å². The Bertz CT molecular complexity index is 680. The van der Waals surface area contributed by atoms with Crippen LogP contribution in [0.4, 0.5) is 5.69 Å². The lowest BCUT2D eigenvalue weighted by atomic mass is 9.79. The third-order valence-corrected chi connectivity index (χ3v) is 6.37. The fourth-order valence-electron chi connectivity index (χ4n) is 5.60. The number of hydrogen-bond acceptors (Lipinski definition) is 2. The van der Waals surface area contributed by atoms with Gasteiger partial charge in [0.15, 0.2) is 0 Å². The summed E-state index contributed by atoms with van der Waals surface area (Å²) in [6.45, 7) is 0. The lowest BCUT2D eigenvalue weighted by Crippen LogP contribution is -2.33. The summed E-state index contributed by atoms with van der Waals surface area (Å²) < 4.78 is 0. The second kappa shape index (κ2) is 4.46. The second-order valence-corrected chi connectivity index (χ2v) is 7.32. The maximum atomic E-state index is 4.59. The molecule has 0 aliphatic heterocycles. The topological polar surface area (TPSA) is 24.9 Å². The van der Waals surface area contributed by atoms with Crippen LogP contribution in [0.3, 0.4) is 0 Å². The molecule has 1 aromatic carbocycles. The molecule has 2 heteroatoms. The predicted molar refractivity (Wildman–Crippen MR) is 86.2 cm³/mol. The minimum atomic E-state index is 0.692. The van der Waals surface area contributed by atoms with Crippen LogP contribution in [0.15, 0.2) is 36.5 Å². The van der Waals surface area contributed by atoms with Crippen LogP contribution in [0.5, 0.6) is 0 Å². The number of benzene rings is 1. The molecule has 5 unspecified atom stereocenters. The highest BCUT2D eigenvalue weighted by molar-refractivity contribution is 5.81. The quantitative estimate of drug-likeness (QED) is 0.876. The Balaban J connectivity index is 1.40. The molecular weight excluding hydrogens is 256 g/mol. The van der Waals surface area contributed by atoms with Crippen molar-refractivity contribution < 1.29 is 0 Å². The molecule has 2 nitrogen and oxygen atoms in total. The number of aromatic nitrogens is 1. The van der Waals surface area contributed by atoms with Gasteiger partial charge in [0.05, 0.1) is 17.4 Å². The van der Waals surface area contributed by atoms with Gasteiger partial charge in [0, 0.05) is 11.4 Å². The third kappa shape index (κ3) is 1.81. The van der Waals surface area contributed by atoms with Crippen molar-refractivity contribution in [3.63, 3.8) is 0 Å². The highest BCUT2D eigenvalue weighted by Gasteiger charge is 2.53.